The van der Waals surface area contributed by atoms with Crippen molar-refractivity contribution in [1.29, 1.82) is 0 Å². The van der Waals surface area contributed by atoms with Crippen molar-refractivity contribution in [3.63, 3.8) is 0 Å². The maximum absolute atomic E-state index is 13.0. The van der Waals surface area contributed by atoms with Crippen LogP contribution in [0.3, 0.4) is 0 Å². The van der Waals surface area contributed by atoms with Crippen molar-refractivity contribution in [3.8, 4) is 11.5 Å². The molecular weight excluding hydrogens is 345 g/mol. The molecule has 0 saturated carbocycles. The van der Waals surface area contributed by atoms with Gasteiger partial charge in [-0.1, -0.05) is 19.1 Å². The Morgan fingerprint density at radius 1 is 1.07 bits per heavy atom. The highest BCUT2D eigenvalue weighted by atomic mass is 19.1. The van der Waals surface area contributed by atoms with Crippen LogP contribution in [0.15, 0.2) is 48.5 Å². The van der Waals surface area contributed by atoms with E-state index in [0.29, 0.717) is 18.7 Å². The van der Waals surface area contributed by atoms with Crippen molar-refractivity contribution < 1.29 is 18.7 Å². The third-order valence-electron chi connectivity index (χ3n) is 3.97. The lowest BCUT2D eigenvalue weighted by Gasteiger charge is -2.17. The third-order valence-corrected chi connectivity index (χ3v) is 3.97. The first-order chi connectivity index (χ1) is 13.0. The van der Waals surface area contributed by atoms with E-state index in [1.807, 2.05) is 39.0 Å². The first-order valence-corrected chi connectivity index (χ1v) is 9.43. The van der Waals surface area contributed by atoms with E-state index in [0.717, 1.165) is 18.6 Å². The second-order valence-electron chi connectivity index (χ2n) is 6.68. The van der Waals surface area contributed by atoms with Crippen LogP contribution in [0.1, 0.15) is 39.2 Å². The molecule has 1 N–H and O–H groups in total. The molecule has 2 aromatic carbocycles. The van der Waals surface area contributed by atoms with Crippen molar-refractivity contribution in [2.75, 3.05) is 6.54 Å². The van der Waals surface area contributed by atoms with E-state index in [2.05, 4.69) is 11.4 Å². The Kier molecular flexibility index (Phi) is 8.11. The minimum absolute atomic E-state index is 0.145. The summed E-state index contributed by atoms with van der Waals surface area (Å²) in [6.45, 7) is 6.45. The fraction of sp³-hybridized carbons (Fsp3) is 0.409. The van der Waals surface area contributed by atoms with Crippen LogP contribution in [0.5, 0.6) is 11.5 Å². The zero-order valence-corrected chi connectivity index (χ0v) is 16.2. The van der Waals surface area contributed by atoms with E-state index >= 15 is 0 Å². The van der Waals surface area contributed by atoms with E-state index in [4.69, 9.17) is 9.47 Å². The highest BCUT2D eigenvalue weighted by Gasteiger charge is 2.17. The zero-order chi connectivity index (χ0) is 19.6. The smallest absolute Gasteiger partial charge is 0.261 e. The molecule has 0 aliphatic heterocycles. The largest absolute Gasteiger partial charge is 0.491 e. The summed E-state index contributed by atoms with van der Waals surface area (Å²) in [5.74, 6) is 0.868. The number of carbonyl (C=O) groups excluding carboxylic acids is 1. The van der Waals surface area contributed by atoms with Gasteiger partial charge in [0.1, 0.15) is 17.3 Å². The zero-order valence-electron chi connectivity index (χ0n) is 16.2. The minimum Gasteiger partial charge on any atom is -0.491 e. The second kappa shape index (κ2) is 10.6. The van der Waals surface area contributed by atoms with Crippen LogP contribution in [-0.2, 0) is 11.2 Å². The fourth-order valence-electron chi connectivity index (χ4n) is 2.66. The molecule has 4 nitrogen and oxygen atoms in total. The third kappa shape index (κ3) is 7.29. The van der Waals surface area contributed by atoms with Gasteiger partial charge in [-0.25, -0.2) is 4.39 Å². The van der Waals surface area contributed by atoms with Gasteiger partial charge in [0.15, 0.2) is 6.10 Å². The van der Waals surface area contributed by atoms with Gasteiger partial charge < -0.3 is 14.8 Å². The summed E-state index contributed by atoms with van der Waals surface area (Å²) < 4.78 is 24.3. The average Bonchev–Trinajstić information content (AvgIpc) is 2.64. The number of nitrogens with one attached hydrogen (secondary N) is 1. The predicted molar refractivity (Wildman–Crippen MR) is 105 cm³/mol. The van der Waals surface area contributed by atoms with Crippen molar-refractivity contribution in [3.05, 3.63) is 59.9 Å². The van der Waals surface area contributed by atoms with E-state index in [1.54, 1.807) is 0 Å². The van der Waals surface area contributed by atoms with Crippen molar-refractivity contribution in [2.45, 2.75) is 52.2 Å². The summed E-state index contributed by atoms with van der Waals surface area (Å²) in [7, 11) is 0. The summed E-state index contributed by atoms with van der Waals surface area (Å²) in [5, 5.41) is 2.91. The van der Waals surface area contributed by atoms with E-state index in [9.17, 15) is 9.18 Å². The van der Waals surface area contributed by atoms with Crippen LogP contribution in [0.4, 0.5) is 4.39 Å². The second-order valence-corrected chi connectivity index (χ2v) is 6.68. The molecule has 27 heavy (non-hydrogen) atoms. The maximum atomic E-state index is 13.0. The van der Waals surface area contributed by atoms with Gasteiger partial charge in [0.2, 0.25) is 0 Å². The molecule has 1 atom stereocenters. The number of amides is 1. The normalized spacial score (nSPS) is 11.9. The molecule has 0 aliphatic carbocycles. The first-order valence-electron chi connectivity index (χ1n) is 9.43. The molecule has 2 aromatic rings. The standard InChI is InChI=1S/C22H28FNO3/c1-4-21(27-19-12-10-18(23)11-13-19)22(25)24-14-6-8-17-7-5-9-20(15-17)26-16(2)3/h5,7,9-13,15-16,21H,4,6,8,14H2,1-3H3,(H,24,25). The summed E-state index contributed by atoms with van der Waals surface area (Å²) in [5.41, 5.74) is 1.18. The van der Waals surface area contributed by atoms with Gasteiger partial charge in [0.25, 0.3) is 5.91 Å². The van der Waals surface area contributed by atoms with Crippen molar-refractivity contribution in [1.82, 2.24) is 5.32 Å². The summed E-state index contributed by atoms with van der Waals surface area (Å²) in [6.07, 6.45) is 1.78. The van der Waals surface area contributed by atoms with E-state index in [1.165, 1.54) is 29.8 Å². The fourth-order valence-corrected chi connectivity index (χ4v) is 2.66. The van der Waals surface area contributed by atoms with Gasteiger partial charge in [0.05, 0.1) is 6.10 Å². The van der Waals surface area contributed by atoms with Gasteiger partial charge in [0, 0.05) is 6.54 Å². The molecule has 1 unspecified atom stereocenters. The Labute approximate surface area is 160 Å². The highest BCUT2D eigenvalue weighted by Crippen LogP contribution is 2.16. The Bertz CT molecular complexity index is 716. The van der Waals surface area contributed by atoms with Crippen LogP contribution in [-0.4, -0.2) is 24.7 Å². The quantitative estimate of drug-likeness (QED) is 0.623. The van der Waals surface area contributed by atoms with Gasteiger partial charge in [-0.15, -0.1) is 0 Å². The first kappa shape index (κ1) is 20.7. The van der Waals surface area contributed by atoms with Crippen LogP contribution >= 0.6 is 0 Å². The molecule has 0 heterocycles. The van der Waals surface area contributed by atoms with Crippen LogP contribution < -0.4 is 14.8 Å². The monoisotopic (exact) mass is 373 g/mol. The Balaban J connectivity index is 1.76. The summed E-state index contributed by atoms with van der Waals surface area (Å²) in [6, 6.07) is 13.7. The van der Waals surface area contributed by atoms with Crippen molar-refractivity contribution >= 4 is 5.91 Å². The number of rotatable bonds is 10. The molecule has 146 valence electrons. The summed E-state index contributed by atoms with van der Waals surface area (Å²) >= 11 is 0. The molecular formula is C22H28FNO3. The molecule has 0 fully saturated rings. The number of ether oxygens (including phenoxy) is 2. The summed E-state index contributed by atoms with van der Waals surface area (Å²) in [4.78, 5) is 12.3. The molecule has 0 spiro atoms. The van der Waals surface area contributed by atoms with Crippen LogP contribution in [0.25, 0.3) is 0 Å². The maximum Gasteiger partial charge on any atom is 0.261 e. The van der Waals surface area contributed by atoms with Crippen LogP contribution in [0, 0.1) is 5.82 Å². The molecule has 5 heteroatoms. The number of aryl methyl sites for hydroxylation is 1. The van der Waals surface area contributed by atoms with E-state index < -0.39 is 6.10 Å². The number of halogens is 1. The SMILES string of the molecule is CCC(Oc1ccc(F)cc1)C(=O)NCCCc1cccc(OC(C)C)c1. The number of hydrogen-bond acceptors (Lipinski definition) is 3. The average molecular weight is 373 g/mol. The Morgan fingerprint density at radius 3 is 2.48 bits per heavy atom. The van der Waals surface area contributed by atoms with Crippen molar-refractivity contribution in [2.24, 2.45) is 0 Å². The lowest BCUT2D eigenvalue weighted by Crippen LogP contribution is -2.38. The Morgan fingerprint density at radius 2 is 1.81 bits per heavy atom. The van der Waals surface area contributed by atoms with Gasteiger partial charge in [-0.05, 0) is 75.1 Å². The molecule has 0 radical (unpaired) electrons. The van der Waals surface area contributed by atoms with Gasteiger partial charge in [-0.3, -0.25) is 4.79 Å². The number of benzene rings is 2. The molecule has 1 amide bonds. The molecule has 0 aliphatic rings. The lowest BCUT2D eigenvalue weighted by atomic mass is 10.1. The topological polar surface area (TPSA) is 47.6 Å². The van der Waals surface area contributed by atoms with E-state index in [-0.39, 0.29) is 17.8 Å². The number of carbonyl (C=O) groups is 1. The molecule has 0 saturated heterocycles. The van der Waals surface area contributed by atoms with Gasteiger partial charge in [-0.2, -0.15) is 0 Å². The van der Waals surface area contributed by atoms with Crippen LogP contribution in [0.2, 0.25) is 0 Å². The number of hydrogen-bond donors (Lipinski definition) is 1. The minimum atomic E-state index is -0.585. The van der Waals surface area contributed by atoms with Gasteiger partial charge >= 0.3 is 0 Å². The molecule has 0 aromatic heterocycles. The lowest BCUT2D eigenvalue weighted by molar-refractivity contribution is -0.128. The molecule has 2 rings (SSSR count). The molecule has 0 bridgehead atoms. The Hall–Kier alpha value is -2.56. The predicted octanol–water partition coefficient (Wildman–Crippen LogP) is 4.52. The highest BCUT2D eigenvalue weighted by molar-refractivity contribution is 5.81.